The number of carboxylic acids is 1. The summed E-state index contributed by atoms with van der Waals surface area (Å²) < 4.78 is 23.7. The van der Waals surface area contributed by atoms with Gasteiger partial charge in [-0.15, -0.1) is 0 Å². The number of aliphatic carboxylic acids is 1. The normalized spacial score (nSPS) is 28.4. The lowest BCUT2D eigenvalue weighted by molar-refractivity contribution is -0.332. The molecule has 4 aliphatic rings. The molecule has 4 heterocycles. The zero-order valence-corrected chi connectivity index (χ0v) is 54.8. The molecule has 0 aromatic heterocycles. The number of likely N-dealkylation sites (tertiary alicyclic amines) is 2. The van der Waals surface area contributed by atoms with E-state index in [9.17, 15) is 114 Å². The lowest BCUT2D eigenvalue weighted by atomic mass is 9.94. The van der Waals surface area contributed by atoms with Crippen molar-refractivity contribution in [3.05, 3.63) is 0 Å². The summed E-state index contributed by atoms with van der Waals surface area (Å²) >= 11 is 0. The van der Waals surface area contributed by atoms with Crippen LogP contribution in [0.5, 0.6) is 0 Å². The lowest BCUT2D eigenvalue weighted by Gasteiger charge is -2.48. The summed E-state index contributed by atoms with van der Waals surface area (Å²) in [4.78, 5) is 164. The Morgan fingerprint density at radius 2 is 0.917 bits per heavy atom. The highest BCUT2D eigenvalue weighted by Gasteiger charge is 2.54. The quantitative estimate of drug-likeness (QED) is 0.0297. The topological polar surface area (TPSA) is 605 Å². The van der Waals surface area contributed by atoms with Crippen LogP contribution in [-0.4, -0.2) is 322 Å². The van der Waals surface area contributed by atoms with Gasteiger partial charge in [0.25, 0.3) is 0 Å². The fraction of sp³-hybridized carbons (Fsp3) is 0.789. The van der Waals surface area contributed by atoms with Crippen molar-refractivity contribution in [3.8, 4) is 0 Å². The van der Waals surface area contributed by atoms with E-state index in [1.807, 2.05) is 0 Å². The van der Waals surface area contributed by atoms with Crippen LogP contribution in [0.4, 0.5) is 0 Å². The van der Waals surface area contributed by atoms with Crippen LogP contribution in [0.25, 0.3) is 0 Å². The Hall–Kier alpha value is -6.96. The summed E-state index contributed by atoms with van der Waals surface area (Å²) in [7, 11) is 0. The molecular formula is C57H96N12O27. The molecule has 11 amide bonds. The Balaban J connectivity index is 1.54. The number of aliphatic hydroxyl groups excluding tert-OH is 10. The first-order valence-electron chi connectivity index (χ1n) is 31.3. The number of nitrogens with two attached hydrogens (primary N) is 1. The Kier molecular flexibility index (Phi) is 31.0. The minimum atomic E-state index is -1.92. The van der Waals surface area contributed by atoms with E-state index in [4.69, 9.17) is 24.7 Å². The Morgan fingerprint density at radius 3 is 1.35 bits per heavy atom. The molecule has 0 spiro atoms. The fourth-order valence-corrected chi connectivity index (χ4v) is 11.2. The Bertz CT molecular complexity index is 2730. The van der Waals surface area contributed by atoms with Gasteiger partial charge in [0.15, 0.2) is 12.6 Å². The SMILES string of the molecule is CC(=O)N[C@H]1[C@H](O[C@H]2[C@@H](O)[C@@H](CO)O[C@H](O[C@H](C)[C@H](NC(=O)[C@@H]3CCCN3C(=O)[C@@H](NC(=O)[C@@H]3CCCN3C(=O)[C@@H](NC(=O)[C@@H](NC(=O)[C@@H](NC(=O)[C@@H](NC(=O)[C@@H](N)[C@@H](C)O)[C@@H](C)O)[C@@H](C)O)C(C)C)[C@@H](C)O)[C@@H](C)O)C(=O)NCC(=O)O)[C@@H]2NC(C)=O)O[C@H](CO)[C@@H](O)[C@@H]1O. The van der Waals surface area contributed by atoms with Gasteiger partial charge >= 0.3 is 5.97 Å². The third-order valence-corrected chi connectivity index (χ3v) is 16.5. The first-order valence-corrected chi connectivity index (χ1v) is 31.3. The van der Waals surface area contributed by atoms with Crippen LogP contribution in [0, 0.1) is 5.92 Å². The van der Waals surface area contributed by atoms with Gasteiger partial charge in [-0.2, -0.15) is 0 Å². The van der Waals surface area contributed by atoms with E-state index < -0.39 is 249 Å². The van der Waals surface area contributed by atoms with Crippen molar-refractivity contribution in [2.45, 2.75) is 247 Å². The number of hydrogen-bond donors (Lipinski definition) is 21. The number of aliphatic hydroxyl groups is 10. The second-order valence-corrected chi connectivity index (χ2v) is 24.7. The van der Waals surface area contributed by atoms with Crippen molar-refractivity contribution < 1.29 is 133 Å². The van der Waals surface area contributed by atoms with E-state index in [0.29, 0.717) is 0 Å². The van der Waals surface area contributed by atoms with E-state index in [2.05, 4.69) is 47.9 Å². The van der Waals surface area contributed by atoms with Crippen molar-refractivity contribution >= 4 is 70.9 Å². The van der Waals surface area contributed by atoms with Crippen LogP contribution in [0.1, 0.15) is 94.9 Å². The number of amides is 11. The average molecular weight is 1380 g/mol. The van der Waals surface area contributed by atoms with E-state index in [-0.39, 0.29) is 38.8 Å². The van der Waals surface area contributed by atoms with Gasteiger partial charge in [0, 0.05) is 26.9 Å². The van der Waals surface area contributed by atoms with Gasteiger partial charge in [-0.3, -0.25) is 57.5 Å². The highest BCUT2D eigenvalue weighted by atomic mass is 16.7. The first kappa shape index (κ1) is 81.5. The van der Waals surface area contributed by atoms with Crippen molar-refractivity contribution in [1.82, 2.24) is 57.7 Å². The summed E-state index contributed by atoms with van der Waals surface area (Å²) in [5.74, 6) is -13.6. The van der Waals surface area contributed by atoms with Gasteiger partial charge in [0.1, 0.15) is 110 Å². The van der Waals surface area contributed by atoms with Gasteiger partial charge in [0.05, 0.1) is 49.8 Å². The Labute approximate surface area is 551 Å². The molecule has 4 saturated heterocycles. The van der Waals surface area contributed by atoms with Gasteiger partial charge in [0.2, 0.25) is 65.0 Å². The van der Waals surface area contributed by atoms with Crippen molar-refractivity contribution in [1.29, 1.82) is 0 Å². The number of ether oxygens (including phenoxy) is 4. The van der Waals surface area contributed by atoms with E-state index in [1.165, 1.54) is 27.7 Å². The number of hydrogen-bond acceptors (Lipinski definition) is 27. The minimum absolute atomic E-state index is 0.0518. The van der Waals surface area contributed by atoms with Crippen LogP contribution >= 0.6 is 0 Å². The molecule has 25 atom stereocenters. The van der Waals surface area contributed by atoms with E-state index in [1.54, 1.807) is 0 Å². The molecule has 0 aliphatic carbocycles. The maximum atomic E-state index is 14.5. The molecule has 0 saturated carbocycles. The maximum absolute atomic E-state index is 14.5. The molecule has 0 bridgehead atoms. The summed E-state index contributed by atoms with van der Waals surface area (Å²) in [5.41, 5.74) is 5.65. The molecule has 0 aromatic carbocycles. The number of carbonyl (C=O) groups is 12. The summed E-state index contributed by atoms with van der Waals surface area (Å²) in [5, 5.41) is 136. The number of carbonyl (C=O) groups excluding carboxylic acids is 11. The molecule has 4 rings (SSSR count). The predicted molar refractivity (Wildman–Crippen MR) is 323 cm³/mol. The zero-order chi connectivity index (χ0) is 72.7. The third-order valence-electron chi connectivity index (χ3n) is 16.5. The van der Waals surface area contributed by atoms with Crippen molar-refractivity contribution in [2.24, 2.45) is 11.7 Å². The molecule has 96 heavy (non-hydrogen) atoms. The van der Waals surface area contributed by atoms with Gasteiger partial charge in [-0.1, -0.05) is 13.8 Å². The highest BCUT2D eigenvalue weighted by molar-refractivity contribution is 5.99. The van der Waals surface area contributed by atoms with Crippen molar-refractivity contribution in [2.75, 3.05) is 32.8 Å². The van der Waals surface area contributed by atoms with Crippen LogP contribution in [0.2, 0.25) is 0 Å². The average Bonchev–Trinajstić information content (AvgIpc) is 0.843. The van der Waals surface area contributed by atoms with E-state index >= 15 is 0 Å². The molecule has 4 aliphatic heterocycles. The molecule has 39 nitrogen and oxygen atoms in total. The standard InChI is InChI=1S/C57H96N12O27/c1-20(2)35(62-52(89)37(23(5)74)64-53(90)36(22(4)73)63-49(86)34(58)21(3)72)51(88)66-39(25(7)76)55(92)68-15-11-13-29(68)47(84)65-38(24(6)75)54(91)69-16-12-14-30(69)48(85)67-40(50(87)59-17-33(79)80)26(8)93-57-42(61-28(10)78)46(44(82)32(19-71)95-57)96-56-41(60-27(9)77)45(83)43(81)31(18-70)94-56/h20-26,29-32,34-46,56-57,70-76,81-83H,11-19,58H2,1-10H3,(H,59,87)(H,60,77)(H,61,78)(H,62,89)(H,63,86)(H,64,90)(H,65,84)(H,66,88)(H,67,85)(H,79,80)/t21-,22-,23-,24-,25-,26-,29+,30+,31-,32-,34+,35+,36+,37+,38+,39+,40+,41-,42-,43-,44+,45-,46-,56+,57+/m1/s1. The number of nitrogens with one attached hydrogen (secondary N) is 9. The van der Waals surface area contributed by atoms with Gasteiger partial charge in [-0.05, 0) is 73.1 Å². The first-order chi connectivity index (χ1) is 44.8. The van der Waals surface area contributed by atoms with E-state index in [0.717, 1.165) is 51.3 Å². The monoisotopic (exact) mass is 1380 g/mol. The minimum Gasteiger partial charge on any atom is -0.480 e. The van der Waals surface area contributed by atoms with Crippen molar-refractivity contribution in [3.63, 3.8) is 0 Å². The third kappa shape index (κ3) is 21.3. The van der Waals surface area contributed by atoms with Crippen LogP contribution in [0.3, 0.4) is 0 Å². The fourth-order valence-electron chi connectivity index (χ4n) is 11.2. The Morgan fingerprint density at radius 1 is 0.510 bits per heavy atom. The summed E-state index contributed by atoms with van der Waals surface area (Å²) in [6.45, 7) is 8.76. The smallest absolute Gasteiger partial charge is 0.322 e. The number of carboxylic acid groups (broad SMARTS) is 1. The van der Waals surface area contributed by atoms with Gasteiger partial charge in [-0.25, -0.2) is 0 Å². The van der Waals surface area contributed by atoms with Crippen LogP contribution in [0.15, 0.2) is 0 Å². The molecule has 22 N–H and O–H groups in total. The maximum Gasteiger partial charge on any atom is 0.322 e. The largest absolute Gasteiger partial charge is 0.480 e. The molecular weight excluding hydrogens is 1280 g/mol. The zero-order valence-electron chi connectivity index (χ0n) is 54.8. The lowest BCUT2D eigenvalue weighted by Crippen LogP contribution is -2.70. The van der Waals surface area contributed by atoms with Crippen LogP contribution in [-0.2, 0) is 76.5 Å². The van der Waals surface area contributed by atoms with Crippen LogP contribution < -0.4 is 53.6 Å². The molecule has 4 fully saturated rings. The highest BCUT2D eigenvalue weighted by Crippen LogP contribution is 2.31. The predicted octanol–water partition coefficient (Wildman–Crippen LogP) is -11.7. The number of rotatable bonds is 32. The summed E-state index contributed by atoms with van der Waals surface area (Å²) in [6.07, 6.45) is -23.7. The van der Waals surface area contributed by atoms with Gasteiger partial charge < -0.3 is 139 Å². The second-order valence-electron chi connectivity index (χ2n) is 24.7. The molecule has 39 heteroatoms. The molecule has 0 aromatic rings. The second kappa shape index (κ2) is 36.6. The molecule has 0 unspecified atom stereocenters. The molecule has 0 radical (unpaired) electrons. The number of nitrogens with zero attached hydrogens (tertiary/aromatic N) is 2. The molecule has 546 valence electrons. The summed E-state index contributed by atoms with van der Waals surface area (Å²) in [6, 6.07) is -18.4.